The maximum atomic E-state index is 13.0. The van der Waals surface area contributed by atoms with Crippen LogP contribution < -0.4 is 0 Å². The summed E-state index contributed by atoms with van der Waals surface area (Å²) in [6.45, 7) is 9.57. The number of likely N-dealkylation sites (tertiary alicyclic amines) is 1. The molecular weight excluding hydrogens is 441 g/mol. The molecule has 0 spiro atoms. The number of pyridine rings is 1. The number of carbonyl (C=O) groups excluding carboxylic acids is 1. The molecule has 2 aliphatic heterocycles. The highest BCUT2D eigenvalue weighted by Crippen LogP contribution is 2.24. The second-order valence-electron chi connectivity index (χ2n) is 9.25. The van der Waals surface area contributed by atoms with E-state index in [0.717, 1.165) is 39.0 Å². The molecule has 0 aliphatic carbocycles. The Kier molecular flexibility index (Phi) is 10.5. The molecule has 4 nitrogen and oxygen atoms in total. The van der Waals surface area contributed by atoms with E-state index in [2.05, 4.69) is 46.8 Å². The Bertz CT molecular complexity index is 875. The predicted octanol–water partition coefficient (Wildman–Crippen LogP) is 4.81. The molecule has 0 N–H and O–H groups in total. The predicted molar refractivity (Wildman–Crippen MR) is 136 cm³/mol. The van der Waals surface area contributed by atoms with Gasteiger partial charge in [0.25, 0.3) is 0 Å². The fourth-order valence-corrected chi connectivity index (χ4v) is 5.05. The topological polar surface area (TPSA) is 36.4 Å². The number of hydrogen-bond acceptors (Lipinski definition) is 3. The number of rotatable bonds is 6. The van der Waals surface area contributed by atoms with Gasteiger partial charge in [-0.1, -0.05) is 18.2 Å². The zero-order valence-electron chi connectivity index (χ0n) is 19.4. The van der Waals surface area contributed by atoms with E-state index in [9.17, 15) is 4.79 Å². The van der Waals surface area contributed by atoms with Crippen molar-refractivity contribution in [2.45, 2.75) is 52.4 Å². The maximum absolute atomic E-state index is 13.0. The van der Waals surface area contributed by atoms with Crippen LogP contribution in [0.3, 0.4) is 0 Å². The Hall–Kier alpha value is -1.62. The first-order valence-electron chi connectivity index (χ1n) is 11.6. The minimum Gasteiger partial charge on any atom is -0.342 e. The summed E-state index contributed by atoms with van der Waals surface area (Å²) >= 11 is 0. The molecule has 2 aliphatic rings. The average molecular weight is 479 g/mol. The monoisotopic (exact) mass is 477 g/mol. The molecule has 1 unspecified atom stereocenters. The third-order valence-corrected chi connectivity index (χ3v) is 6.91. The van der Waals surface area contributed by atoms with E-state index < -0.39 is 0 Å². The lowest BCUT2D eigenvalue weighted by atomic mass is 9.96. The molecule has 1 amide bonds. The number of piperidine rings is 1. The number of aryl methyl sites for hydroxylation is 3. The highest BCUT2D eigenvalue weighted by atomic mass is 35.5. The Labute approximate surface area is 205 Å². The Morgan fingerprint density at radius 2 is 1.88 bits per heavy atom. The number of benzene rings is 1. The molecule has 3 heterocycles. The summed E-state index contributed by atoms with van der Waals surface area (Å²) in [6.07, 6.45) is 10.1. The second kappa shape index (κ2) is 12.6. The molecule has 1 aromatic carbocycles. The summed E-state index contributed by atoms with van der Waals surface area (Å²) in [6, 6.07) is 8.71. The zero-order valence-corrected chi connectivity index (χ0v) is 21.0. The van der Waals surface area contributed by atoms with Crippen molar-refractivity contribution < 1.29 is 4.79 Å². The summed E-state index contributed by atoms with van der Waals surface area (Å²) < 4.78 is 0. The molecule has 1 aromatic heterocycles. The lowest BCUT2D eigenvalue weighted by Crippen LogP contribution is -2.43. The molecule has 6 heteroatoms. The summed E-state index contributed by atoms with van der Waals surface area (Å²) in [7, 11) is 0. The minimum absolute atomic E-state index is 0. The Morgan fingerprint density at radius 3 is 2.62 bits per heavy atom. The van der Waals surface area contributed by atoms with Crippen molar-refractivity contribution in [3.8, 4) is 0 Å². The molecule has 1 atom stereocenters. The summed E-state index contributed by atoms with van der Waals surface area (Å²) in [5.74, 6) is 0.913. The third-order valence-electron chi connectivity index (χ3n) is 6.91. The summed E-state index contributed by atoms with van der Waals surface area (Å²) in [4.78, 5) is 21.9. The molecule has 1 saturated heterocycles. The van der Waals surface area contributed by atoms with Gasteiger partial charge in [0.15, 0.2) is 0 Å². The van der Waals surface area contributed by atoms with Gasteiger partial charge in [-0.3, -0.25) is 9.78 Å². The SMILES string of the molecule is Cc1cc2c(cc1C)CC(=O)N(CC1CCCN(CCCc3cccnc3)C1)CC2.Cl.Cl. The van der Waals surface area contributed by atoms with Crippen LogP contribution in [0.5, 0.6) is 0 Å². The van der Waals surface area contributed by atoms with Gasteiger partial charge in [0, 0.05) is 32.0 Å². The van der Waals surface area contributed by atoms with Crippen LogP contribution in [-0.2, 0) is 24.1 Å². The van der Waals surface area contributed by atoms with E-state index in [1.165, 1.54) is 53.6 Å². The highest BCUT2D eigenvalue weighted by molar-refractivity contribution is 5.85. The van der Waals surface area contributed by atoms with Gasteiger partial charge in [0.2, 0.25) is 5.91 Å². The first kappa shape index (κ1) is 26.6. The Balaban J connectivity index is 0.00000181. The molecule has 0 radical (unpaired) electrons. The van der Waals surface area contributed by atoms with E-state index in [1.54, 1.807) is 0 Å². The van der Waals surface area contributed by atoms with E-state index in [0.29, 0.717) is 18.2 Å². The van der Waals surface area contributed by atoms with Gasteiger partial charge in [-0.15, -0.1) is 24.8 Å². The van der Waals surface area contributed by atoms with Crippen LogP contribution in [0.1, 0.15) is 47.1 Å². The average Bonchev–Trinajstić information content (AvgIpc) is 2.88. The van der Waals surface area contributed by atoms with Crippen molar-refractivity contribution in [1.29, 1.82) is 0 Å². The quantitative estimate of drug-likeness (QED) is 0.598. The fraction of sp³-hybridized carbons (Fsp3) is 0.538. The van der Waals surface area contributed by atoms with Crippen LogP contribution >= 0.6 is 24.8 Å². The molecular formula is C26H37Cl2N3O. The van der Waals surface area contributed by atoms with Gasteiger partial charge in [0.1, 0.15) is 0 Å². The molecule has 4 rings (SSSR count). The van der Waals surface area contributed by atoms with E-state index in [4.69, 9.17) is 0 Å². The van der Waals surface area contributed by atoms with Crippen molar-refractivity contribution in [3.05, 3.63) is 64.5 Å². The summed E-state index contributed by atoms with van der Waals surface area (Å²) in [5.41, 5.74) is 6.57. The molecule has 32 heavy (non-hydrogen) atoms. The summed E-state index contributed by atoms with van der Waals surface area (Å²) in [5, 5.41) is 0. The van der Waals surface area contributed by atoms with Crippen molar-refractivity contribution in [2.75, 3.05) is 32.7 Å². The number of aromatic nitrogens is 1. The van der Waals surface area contributed by atoms with Crippen molar-refractivity contribution in [1.82, 2.24) is 14.8 Å². The number of hydrogen-bond donors (Lipinski definition) is 0. The second-order valence-corrected chi connectivity index (χ2v) is 9.25. The Morgan fingerprint density at radius 1 is 1.09 bits per heavy atom. The van der Waals surface area contributed by atoms with Gasteiger partial charge < -0.3 is 9.80 Å². The largest absolute Gasteiger partial charge is 0.342 e. The van der Waals surface area contributed by atoms with E-state index in [1.807, 2.05) is 18.5 Å². The van der Waals surface area contributed by atoms with Crippen molar-refractivity contribution in [2.24, 2.45) is 5.92 Å². The van der Waals surface area contributed by atoms with Crippen LogP contribution in [0.4, 0.5) is 0 Å². The van der Waals surface area contributed by atoms with Crippen molar-refractivity contribution >= 4 is 30.7 Å². The highest BCUT2D eigenvalue weighted by Gasteiger charge is 2.26. The van der Waals surface area contributed by atoms with Gasteiger partial charge >= 0.3 is 0 Å². The minimum atomic E-state index is 0. The number of halogens is 2. The lowest BCUT2D eigenvalue weighted by Gasteiger charge is -2.35. The number of fused-ring (bicyclic) bond motifs is 1. The molecule has 1 fully saturated rings. The standard InChI is InChI=1S/C26H35N3O.2ClH/c1-20-14-24-9-13-29(26(30)16-25(24)15-21(20)2)19-23-8-5-12-28(18-23)11-4-7-22-6-3-10-27-17-22;;/h3,6,10,14-15,17,23H,4-5,7-9,11-13,16,18-19H2,1-2H3;2*1H. The van der Waals surface area contributed by atoms with Crippen LogP contribution in [0.2, 0.25) is 0 Å². The van der Waals surface area contributed by atoms with Crippen LogP contribution in [0.25, 0.3) is 0 Å². The van der Waals surface area contributed by atoms with Gasteiger partial charge in [0.05, 0.1) is 6.42 Å². The number of nitrogens with zero attached hydrogens (tertiary/aromatic N) is 3. The first-order chi connectivity index (χ1) is 14.6. The lowest BCUT2D eigenvalue weighted by molar-refractivity contribution is -0.131. The molecule has 0 saturated carbocycles. The van der Waals surface area contributed by atoms with Gasteiger partial charge in [-0.2, -0.15) is 0 Å². The molecule has 176 valence electrons. The van der Waals surface area contributed by atoms with Crippen molar-refractivity contribution in [3.63, 3.8) is 0 Å². The third kappa shape index (κ3) is 6.94. The zero-order chi connectivity index (χ0) is 20.9. The maximum Gasteiger partial charge on any atom is 0.227 e. The molecule has 0 bridgehead atoms. The molecule has 2 aromatic rings. The van der Waals surface area contributed by atoms with E-state index in [-0.39, 0.29) is 24.8 Å². The van der Waals surface area contributed by atoms with Gasteiger partial charge in [-0.25, -0.2) is 0 Å². The first-order valence-corrected chi connectivity index (χ1v) is 11.6. The number of amides is 1. The fourth-order valence-electron chi connectivity index (χ4n) is 5.05. The van der Waals surface area contributed by atoms with Crippen LogP contribution in [-0.4, -0.2) is 53.4 Å². The normalized spacial score (nSPS) is 18.9. The van der Waals surface area contributed by atoms with Crippen LogP contribution in [0, 0.1) is 19.8 Å². The number of carbonyl (C=O) groups is 1. The van der Waals surface area contributed by atoms with Gasteiger partial charge in [-0.05, 0) is 98.8 Å². The van der Waals surface area contributed by atoms with Crippen LogP contribution in [0.15, 0.2) is 36.7 Å². The van der Waals surface area contributed by atoms with E-state index >= 15 is 0 Å². The smallest absolute Gasteiger partial charge is 0.227 e.